The minimum atomic E-state index is -0.595. The Hall–Kier alpha value is -0.680. The lowest BCUT2D eigenvalue weighted by atomic mass is 9.70. The zero-order chi connectivity index (χ0) is 20.2. The van der Waals surface area contributed by atoms with E-state index in [0.717, 1.165) is 25.9 Å². The van der Waals surface area contributed by atoms with Crippen LogP contribution in [0.5, 0.6) is 0 Å². The van der Waals surface area contributed by atoms with E-state index in [1.165, 1.54) is 49.7 Å². The molecule has 0 bridgehead atoms. The van der Waals surface area contributed by atoms with Crippen LogP contribution in [0.2, 0.25) is 0 Å². The van der Waals surface area contributed by atoms with Gasteiger partial charge >= 0.3 is 0 Å². The van der Waals surface area contributed by atoms with E-state index in [-0.39, 0.29) is 0 Å². The van der Waals surface area contributed by atoms with Gasteiger partial charge in [0.05, 0.1) is 23.9 Å². The topological polar surface area (TPSA) is 69.9 Å². The number of aliphatic hydroxyl groups excluding tert-OH is 2. The van der Waals surface area contributed by atoms with Crippen molar-refractivity contribution in [2.24, 2.45) is 5.41 Å². The number of hydrogen-bond acceptors (Lipinski definition) is 4. The van der Waals surface area contributed by atoms with Crippen molar-refractivity contribution >= 4 is 0 Å². The third-order valence-corrected chi connectivity index (χ3v) is 6.85. The van der Waals surface area contributed by atoms with Gasteiger partial charge in [0.1, 0.15) is 0 Å². The normalized spacial score (nSPS) is 35.7. The number of rotatable bonds is 6. The summed E-state index contributed by atoms with van der Waals surface area (Å²) in [6.45, 7) is 4.47. The van der Waals surface area contributed by atoms with E-state index in [4.69, 9.17) is 4.74 Å². The highest BCUT2D eigenvalue weighted by Gasteiger charge is 2.41. The molecule has 4 nitrogen and oxygen atoms in total. The highest BCUT2D eigenvalue weighted by Crippen LogP contribution is 2.51. The molecule has 3 N–H and O–H groups in total. The molecule has 4 atom stereocenters. The second-order valence-corrected chi connectivity index (χ2v) is 10.3. The van der Waals surface area contributed by atoms with Crippen molar-refractivity contribution in [1.82, 2.24) is 0 Å². The molecule has 28 heavy (non-hydrogen) atoms. The summed E-state index contributed by atoms with van der Waals surface area (Å²) in [5.74, 6) is 0. The molecular weight excluding hydrogens is 352 g/mol. The van der Waals surface area contributed by atoms with Gasteiger partial charge in [-0.25, -0.2) is 0 Å². The lowest BCUT2D eigenvalue weighted by molar-refractivity contribution is 0.0217. The molecule has 3 saturated carbocycles. The molecule has 0 aromatic heterocycles. The SMILES string of the molecule is CC(C)(O)CCCO[C@H]1CC[C@]2(CCC/C(=C\C=C3C[C@@H](O)C[C@H](O)C3)C2)C1. The summed E-state index contributed by atoms with van der Waals surface area (Å²) in [4.78, 5) is 0. The van der Waals surface area contributed by atoms with Gasteiger partial charge in [-0.3, -0.25) is 0 Å². The van der Waals surface area contributed by atoms with Crippen molar-refractivity contribution in [1.29, 1.82) is 0 Å². The molecule has 3 rings (SSSR count). The second-order valence-electron chi connectivity index (χ2n) is 10.3. The minimum Gasteiger partial charge on any atom is -0.393 e. The number of allylic oxidation sites excluding steroid dienone is 3. The van der Waals surface area contributed by atoms with E-state index in [2.05, 4.69) is 12.2 Å². The fraction of sp³-hybridized carbons (Fsp3) is 0.833. The van der Waals surface area contributed by atoms with Gasteiger partial charge < -0.3 is 20.1 Å². The summed E-state index contributed by atoms with van der Waals surface area (Å²) in [7, 11) is 0. The first-order valence-electron chi connectivity index (χ1n) is 11.3. The molecule has 3 fully saturated rings. The van der Waals surface area contributed by atoms with E-state index >= 15 is 0 Å². The molecule has 0 unspecified atom stereocenters. The molecule has 0 saturated heterocycles. The maximum Gasteiger partial charge on any atom is 0.0602 e. The predicted octanol–water partition coefficient (Wildman–Crippen LogP) is 4.43. The number of ether oxygens (including phenoxy) is 1. The largest absolute Gasteiger partial charge is 0.393 e. The standard InChI is InChI=1S/C24H40O4/c1-23(2,27)9-4-12-28-22-8-11-24(17-22)10-3-5-18(16-24)6-7-19-13-20(25)15-21(26)14-19/h6-7,20-22,25-27H,3-5,8-17H2,1-2H3/b18-6+/t20-,21-,22+,24+/m1/s1. The summed E-state index contributed by atoms with van der Waals surface area (Å²) in [6, 6.07) is 0. The van der Waals surface area contributed by atoms with Crippen LogP contribution < -0.4 is 0 Å². The molecule has 0 aromatic carbocycles. The summed E-state index contributed by atoms with van der Waals surface area (Å²) in [6.07, 6.45) is 16.1. The fourth-order valence-corrected chi connectivity index (χ4v) is 5.47. The van der Waals surface area contributed by atoms with Crippen molar-refractivity contribution < 1.29 is 20.1 Å². The quantitative estimate of drug-likeness (QED) is 0.585. The van der Waals surface area contributed by atoms with Gasteiger partial charge in [0.2, 0.25) is 0 Å². The Bertz CT molecular complexity index is 562. The van der Waals surface area contributed by atoms with Crippen LogP contribution in [0.15, 0.2) is 23.3 Å². The van der Waals surface area contributed by atoms with E-state index < -0.39 is 17.8 Å². The monoisotopic (exact) mass is 392 g/mol. The summed E-state index contributed by atoms with van der Waals surface area (Å²) in [5, 5.41) is 29.6. The molecule has 4 heteroatoms. The average Bonchev–Trinajstić information content (AvgIpc) is 2.98. The molecule has 0 heterocycles. The molecule has 3 aliphatic carbocycles. The van der Waals surface area contributed by atoms with Gasteiger partial charge in [-0.15, -0.1) is 0 Å². The first-order chi connectivity index (χ1) is 13.2. The molecule has 3 aliphatic rings. The lowest BCUT2D eigenvalue weighted by Crippen LogP contribution is -2.25. The van der Waals surface area contributed by atoms with Gasteiger partial charge in [0.25, 0.3) is 0 Å². The maximum atomic E-state index is 9.87. The Morgan fingerprint density at radius 1 is 1.11 bits per heavy atom. The van der Waals surface area contributed by atoms with E-state index in [1.807, 2.05) is 13.8 Å². The Morgan fingerprint density at radius 3 is 2.54 bits per heavy atom. The average molecular weight is 393 g/mol. The zero-order valence-electron chi connectivity index (χ0n) is 17.8. The third kappa shape index (κ3) is 6.69. The highest BCUT2D eigenvalue weighted by atomic mass is 16.5. The zero-order valence-corrected chi connectivity index (χ0v) is 17.8. The van der Waals surface area contributed by atoms with Gasteiger partial charge in [-0.05, 0) is 96.3 Å². The van der Waals surface area contributed by atoms with Crippen LogP contribution in [0.1, 0.15) is 90.9 Å². The molecule has 0 radical (unpaired) electrons. The Labute approximate surface area is 170 Å². The molecule has 160 valence electrons. The van der Waals surface area contributed by atoms with Crippen molar-refractivity contribution in [2.45, 2.75) is 115 Å². The predicted molar refractivity (Wildman–Crippen MR) is 112 cm³/mol. The van der Waals surface area contributed by atoms with Crippen LogP contribution in [0.25, 0.3) is 0 Å². The smallest absolute Gasteiger partial charge is 0.0602 e. The lowest BCUT2D eigenvalue weighted by Gasteiger charge is -2.35. The summed E-state index contributed by atoms with van der Waals surface area (Å²) >= 11 is 0. The number of hydrogen-bond donors (Lipinski definition) is 3. The van der Waals surface area contributed by atoms with Gasteiger partial charge in [0.15, 0.2) is 0 Å². The van der Waals surface area contributed by atoms with Crippen molar-refractivity contribution in [3.05, 3.63) is 23.3 Å². The van der Waals surface area contributed by atoms with Crippen LogP contribution in [0.3, 0.4) is 0 Å². The Morgan fingerprint density at radius 2 is 1.82 bits per heavy atom. The van der Waals surface area contributed by atoms with Crippen LogP contribution in [-0.2, 0) is 4.74 Å². The fourth-order valence-electron chi connectivity index (χ4n) is 5.47. The van der Waals surface area contributed by atoms with Gasteiger partial charge in [-0.2, -0.15) is 0 Å². The molecule has 0 amide bonds. The van der Waals surface area contributed by atoms with Crippen LogP contribution >= 0.6 is 0 Å². The van der Waals surface area contributed by atoms with E-state index in [9.17, 15) is 15.3 Å². The molecule has 0 aliphatic heterocycles. The van der Waals surface area contributed by atoms with E-state index in [1.54, 1.807) is 0 Å². The van der Waals surface area contributed by atoms with E-state index in [0.29, 0.717) is 30.8 Å². The molecular formula is C24H40O4. The number of aliphatic hydroxyl groups is 3. The Balaban J connectivity index is 1.49. The van der Waals surface area contributed by atoms with Crippen molar-refractivity contribution in [3.8, 4) is 0 Å². The van der Waals surface area contributed by atoms with Crippen molar-refractivity contribution in [3.63, 3.8) is 0 Å². The van der Waals surface area contributed by atoms with Crippen LogP contribution in [0.4, 0.5) is 0 Å². The third-order valence-electron chi connectivity index (χ3n) is 6.85. The molecule has 0 aromatic rings. The highest BCUT2D eigenvalue weighted by molar-refractivity contribution is 5.22. The van der Waals surface area contributed by atoms with Gasteiger partial charge in [-0.1, -0.05) is 23.3 Å². The van der Waals surface area contributed by atoms with Crippen LogP contribution in [0, 0.1) is 5.41 Å². The summed E-state index contributed by atoms with van der Waals surface area (Å²) < 4.78 is 6.14. The first kappa shape index (κ1) is 22.0. The minimum absolute atomic E-state index is 0.378. The summed E-state index contributed by atoms with van der Waals surface area (Å²) in [5.41, 5.74) is 2.52. The maximum absolute atomic E-state index is 9.87. The first-order valence-corrected chi connectivity index (χ1v) is 11.3. The second kappa shape index (κ2) is 9.42. The Kier molecular flexibility index (Phi) is 7.41. The van der Waals surface area contributed by atoms with Crippen molar-refractivity contribution in [2.75, 3.05) is 6.61 Å². The molecule has 1 spiro atoms. The van der Waals surface area contributed by atoms with Gasteiger partial charge in [0, 0.05) is 6.61 Å². The van der Waals surface area contributed by atoms with Crippen LogP contribution in [-0.4, -0.2) is 45.8 Å².